The van der Waals surface area contributed by atoms with Crippen molar-refractivity contribution < 1.29 is 19.1 Å². The minimum atomic E-state index is -1.00. The third kappa shape index (κ3) is 9.07. The summed E-state index contributed by atoms with van der Waals surface area (Å²) in [5, 5.41) is 6.24. The number of carbonyl (C=O) groups excluding carboxylic acids is 3. The van der Waals surface area contributed by atoms with Gasteiger partial charge < -0.3 is 20.3 Å². The number of amides is 3. The lowest BCUT2D eigenvalue weighted by molar-refractivity contribution is -0.143. The molecule has 0 aromatic heterocycles. The summed E-state index contributed by atoms with van der Waals surface area (Å²) in [7, 11) is 0. The number of rotatable bonds is 10. The quantitative estimate of drug-likeness (QED) is 0.248. The van der Waals surface area contributed by atoms with Gasteiger partial charge in [0.25, 0.3) is 5.91 Å². The predicted octanol–water partition coefficient (Wildman–Crippen LogP) is 7.71. The number of aryl methyl sites for hydroxylation is 3. The van der Waals surface area contributed by atoms with Crippen LogP contribution in [-0.2, 0) is 20.7 Å². The van der Waals surface area contributed by atoms with Gasteiger partial charge in [0.2, 0.25) is 5.91 Å². The van der Waals surface area contributed by atoms with Gasteiger partial charge in [0, 0.05) is 12.5 Å². The minimum Gasteiger partial charge on any atom is -0.444 e. The largest absolute Gasteiger partial charge is 0.444 e. The van der Waals surface area contributed by atoms with Gasteiger partial charge in [-0.3, -0.25) is 9.59 Å². The number of alkyl carbamates (subject to hydrolysis) is 1. The van der Waals surface area contributed by atoms with E-state index in [1.165, 1.54) is 0 Å². The van der Waals surface area contributed by atoms with Gasteiger partial charge >= 0.3 is 6.09 Å². The molecule has 0 aliphatic carbocycles. The monoisotopic (exact) mass is 605 g/mol. The van der Waals surface area contributed by atoms with Crippen LogP contribution in [0.3, 0.4) is 0 Å². The second-order valence-electron chi connectivity index (χ2n) is 12.1. The van der Waals surface area contributed by atoms with Crippen LogP contribution in [0.25, 0.3) is 0 Å². The van der Waals surface area contributed by atoms with Gasteiger partial charge in [-0.05, 0) is 83.2 Å². The van der Waals surface area contributed by atoms with Crippen molar-refractivity contribution in [2.75, 3.05) is 5.32 Å². The molecule has 43 heavy (non-hydrogen) atoms. The summed E-state index contributed by atoms with van der Waals surface area (Å²) < 4.78 is 5.54. The van der Waals surface area contributed by atoms with Crippen molar-refractivity contribution in [2.45, 2.75) is 92.0 Å². The molecule has 230 valence electrons. The van der Waals surface area contributed by atoms with E-state index in [2.05, 4.69) is 10.6 Å². The van der Waals surface area contributed by atoms with Crippen molar-refractivity contribution in [2.24, 2.45) is 0 Å². The zero-order chi connectivity index (χ0) is 31.9. The Morgan fingerprint density at radius 1 is 0.930 bits per heavy atom. The molecule has 3 aromatic carbocycles. The Kier molecular flexibility index (Phi) is 11.4. The Hall–Kier alpha value is -3.84. The van der Waals surface area contributed by atoms with E-state index in [9.17, 15) is 14.4 Å². The smallest absolute Gasteiger partial charge is 0.408 e. The Balaban J connectivity index is 2.16. The maximum atomic E-state index is 14.7. The Bertz CT molecular complexity index is 1410. The molecular weight excluding hydrogens is 562 g/mol. The van der Waals surface area contributed by atoms with Crippen molar-refractivity contribution in [3.63, 3.8) is 0 Å². The fraction of sp³-hybridized carbons (Fsp3) is 0.400. The third-order valence-corrected chi connectivity index (χ3v) is 7.63. The molecule has 3 amide bonds. The zero-order valence-corrected chi connectivity index (χ0v) is 27.2. The van der Waals surface area contributed by atoms with Gasteiger partial charge in [0.15, 0.2) is 0 Å². The van der Waals surface area contributed by atoms with Crippen LogP contribution in [0.4, 0.5) is 10.5 Å². The van der Waals surface area contributed by atoms with E-state index >= 15 is 0 Å². The van der Waals surface area contributed by atoms with E-state index in [0.717, 1.165) is 22.3 Å². The summed E-state index contributed by atoms with van der Waals surface area (Å²) in [6.45, 7) is 14.9. The first-order chi connectivity index (χ1) is 20.2. The number of halogens is 1. The van der Waals surface area contributed by atoms with Crippen LogP contribution >= 0.6 is 11.6 Å². The number of ether oxygens (including phenoxy) is 1. The minimum absolute atomic E-state index is 0.219. The van der Waals surface area contributed by atoms with Gasteiger partial charge in [-0.1, -0.05) is 84.8 Å². The standard InChI is InChI=1S/C35H44ClN3O4/c1-9-25(5)39(33(41)29(21-26-15-11-10-12-16-26)37-34(42)43-35(6,7)8)31(27-20-22(2)18-19-23(27)3)32(40)38-30-24(4)14-13-17-28(30)36/h10-20,25,29,31H,9,21H2,1-8H3,(H,37,42)(H,38,40). The molecule has 0 spiro atoms. The van der Waals surface area contributed by atoms with Crippen molar-refractivity contribution in [1.82, 2.24) is 10.2 Å². The molecule has 0 saturated carbocycles. The number of nitrogens with one attached hydrogen (secondary N) is 2. The molecule has 0 bridgehead atoms. The molecule has 3 aromatic rings. The Morgan fingerprint density at radius 3 is 2.21 bits per heavy atom. The first-order valence-electron chi connectivity index (χ1n) is 14.7. The molecule has 7 nitrogen and oxygen atoms in total. The first-order valence-corrected chi connectivity index (χ1v) is 15.1. The second-order valence-corrected chi connectivity index (χ2v) is 12.5. The third-order valence-electron chi connectivity index (χ3n) is 7.32. The van der Waals surface area contributed by atoms with Crippen LogP contribution in [0.15, 0.2) is 66.7 Å². The van der Waals surface area contributed by atoms with E-state index in [0.29, 0.717) is 22.7 Å². The van der Waals surface area contributed by atoms with Gasteiger partial charge in [-0.2, -0.15) is 0 Å². The predicted molar refractivity (Wildman–Crippen MR) is 173 cm³/mol. The summed E-state index contributed by atoms with van der Waals surface area (Å²) in [6, 6.07) is 18.4. The summed E-state index contributed by atoms with van der Waals surface area (Å²) in [4.78, 5) is 43.7. The van der Waals surface area contributed by atoms with E-state index in [1.807, 2.05) is 95.3 Å². The number of nitrogens with zero attached hydrogens (tertiary/aromatic N) is 1. The van der Waals surface area contributed by atoms with Crippen LogP contribution in [0.2, 0.25) is 5.02 Å². The summed E-state index contributed by atoms with van der Waals surface area (Å²) in [5.74, 6) is -0.782. The molecule has 3 atom stereocenters. The highest BCUT2D eigenvalue weighted by atomic mass is 35.5. The van der Waals surface area contributed by atoms with Crippen molar-refractivity contribution in [3.8, 4) is 0 Å². The average molecular weight is 606 g/mol. The SMILES string of the molecule is CCC(C)N(C(=O)C(Cc1ccccc1)NC(=O)OC(C)(C)C)C(C(=O)Nc1c(C)cccc1Cl)c1cc(C)ccc1C. The fourth-order valence-electron chi connectivity index (χ4n) is 4.93. The van der Waals surface area contributed by atoms with Crippen molar-refractivity contribution in [1.29, 1.82) is 0 Å². The molecule has 0 saturated heterocycles. The number of para-hydroxylation sites is 1. The van der Waals surface area contributed by atoms with E-state index in [1.54, 1.807) is 31.7 Å². The number of benzene rings is 3. The van der Waals surface area contributed by atoms with Gasteiger partial charge in [-0.15, -0.1) is 0 Å². The highest BCUT2D eigenvalue weighted by Gasteiger charge is 2.39. The maximum Gasteiger partial charge on any atom is 0.408 e. The number of hydrogen-bond donors (Lipinski definition) is 2. The van der Waals surface area contributed by atoms with E-state index in [-0.39, 0.29) is 18.4 Å². The second kappa shape index (κ2) is 14.6. The van der Waals surface area contributed by atoms with E-state index in [4.69, 9.17) is 16.3 Å². The lowest BCUT2D eigenvalue weighted by Crippen LogP contribution is -2.55. The van der Waals surface area contributed by atoms with Gasteiger partial charge in [0.1, 0.15) is 17.7 Å². The number of anilines is 1. The van der Waals surface area contributed by atoms with Crippen LogP contribution in [0.5, 0.6) is 0 Å². The van der Waals surface area contributed by atoms with Crippen molar-refractivity contribution >= 4 is 35.2 Å². The topological polar surface area (TPSA) is 87.7 Å². The van der Waals surface area contributed by atoms with E-state index < -0.39 is 29.7 Å². The zero-order valence-electron chi connectivity index (χ0n) is 26.5. The molecule has 8 heteroatoms. The average Bonchev–Trinajstić information content (AvgIpc) is 2.93. The van der Waals surface area contributed by atoms with Gasteiger partial charge in [0.05, 0.1) is 10.7 Å². The molecule has 2 N–H and O–H groups in total. The van der Waals surface area contributed by atoms with Crippen LogP contribution < -0.4 is 10.6 Å². The van der Waals surface area contributed by atoms with Gasteiger partial charge in [-0.25, -0.2) is 4.79 Å². The summed E-state index contributed by atoms with van der Waals surface area (Å²) in [6.07, 6.45) is 0.0948. The normalized spacial score (nSPS) is 13.4. The Labute approximate surface area is 261 Å². The maximum absolute atomic E-state index is 14.7. The number of carbonyl (C=O) groups is 3. The molecule has 0 heterocycles. The highest BCUT2D eigenvalue weighted by molar-refractivity contribution is 6.34. The lowest BCUT2D eigenvalue weighted by Gasteiger charge is -2.39. The highest BCUT2D eigenvalue weighted by Crippen LogP contribution is 2.33. The molecule has 0 aliphatic heterocycles. The molecule has 3 unspecified atom stereocenters. The summed E-state index contributed by atoms with van der Waals surface area (Å²) >= 11 is 6.51. The van der Waals surface area contributed by atoms with Crippen LogP contribution in [0.1, 0.15) is 74.9 Å². The molecule has 0 radical (unpaired) electrons. The summed E-state index contributed by atoms with van der Waals surface area (Å²) in [5.41, 5.74) is 3.92. The van der Waals surface area contributed by atoms with Crippen molar-refractivity contribution in [3.05, 3.63) is 99.6 Å². The lowest BCUT2D eigenvalue weighted by atomic mass is 9.93. The van der Waals surface area contributed by atoms with Crippen LogP contribution in [-0.4, -0.2) is 40.5 Å². The van der Waals surface area contributed by atoms with Crippen LogP contribution in [0, 0.1) is 20.8 Å². The first kappa shape index (κ1) is 33.7. The fourth-order valence-corrected chi connectivity index (χ4v) is 5.20. The Morgan fingerprint density at radius 2 is 1.60 bits per heavy atom. The number of hydrogen-bond acceptors (Lipinski definition) is 4. The molecule has 0 fully saturated rings. The molecule has 3 rings (SSSR count). The molecular formula is C35H44ClN3O4. The molecule has 0 aliphatic rings.